The summed E-state index contributed by atoms with van der Waals surface area (Å²) in [4.78, 5) is 9.76. The first-order valence-electron chi connectivity index (χ1n) is 3.64. The Morgan fingerprint density at radius 3 is 2.69 bits per heavy atom. The molecule has 0 heterocycles. The minimum atomic E-state index is -1.05. The normalized spacial score (nSPS) is 12.5. The van der Waals surface area contributed by atoms with Crippen molar-refractivity contribution in [2.45, 2.75) is 13.0 Å². The summed E-state index contributed by atoms with van der Waals surface area (Å²) in [5.41, 5.74) is -0.276. The van der Waals surface area contributed by atoms with Crippen LogP contribution in [0.15, 0.2) is 18.2 Å². The zero-order valence-corrected chi connectivity index (χ0v) is 6.90. The molecular weight excluding hydrogens is 177 g/mol. The van der Waals surface area contributed by atoms with Gasteiger partial charge in [-0.15, -0.1) is 0 Å². The van der Waals surface area contributed by atoms with E-state index in [4.69, 9.17) is 5.11 Å². The number of hydrogen-bond donors (Lipinski definition) is 1. The van der Waals surface area contributed by atoms with E-state index in [2.05, 4.69) is 0 Å². The SMILES string of the molecule is C[C@@H](O)c1cc(F)ccc1[N+](=O)[O-]. The highest BCUT2D eigenvalue weighted by molar-refractivity contribution is 5.41. The summed E-state index contributed by atoms with van der Waals surface area (Å²) in [6.45, 7) is 1.35. The van der Waals surface area contributed by atoms with E-state index in [-0.39, 0.29) is 11.3 Å². The van der Waals surface area contributed by atoms with E-state index < -0.39 is 16.8 Å². The average Bonchev–Trinajstić information content (AvgIpc) is 2.03. The number of rotatable bonds is 2. The van der Waals surface area contributed by atoms with Crippen LogP contribution in [0.3, 0.4) is 0 Å². The number of aliphatic hydroxyl groups is 1. The van der Waals surface area contributed by atoms with Gasteiger partial charge < -0.3 is 5.11 Å². The van der Waals surface area contributed by atoms with Gasteiger partial charge in [0.15, 0.2) is 0 Å². The number of aliphatic hydroxyl groups excluding tert-OH is 1. The monoisotopic (exact) mass is 185 g/mol. The van der Waals surface area contributed by atoms with Crippen LogP contribution in [0.1, 0.15) is 18.6 Å². The molecule has 1 aromatic carbocycles. The third-order valence-electron chi connectivity index (χ3n) is 1.64. The third-order valence-corrected chi connectivity index (χ3v) is 1.64. The first-order chi connectivity index (χ1) is 6.02. The van der Waals surface area contributed by atoms with E-state index in [1.807, 2.05) is 0 Å². The zero-order valence-electron chi connectivity index (χ0n) is 6.90. The van der Waals surface area contributed by atoms with Crippen molar-refractivity contribution in [1.82, 2.24) is 0 Å². The van der Waals surface area contributed by atoms with Gasteiger partial charge in [0.2, 0.25) is 0 Å². The number of nitro groups is 1. The van der Waals surface area contributed by atoms with Crippen molar-refractivity contribution in [3.8, 4) is 0 Å². The van der Waals surface area contributed by atoms with Gasteiger partial charge in [0.05, 0.1) is 16.6 Å². The van der Waals surface area contributed by atoms with Crippen molar-refractivity contribution in [3.63, 3.8) is 0 Å². The minimum Gasteiger partial charge on any atom is -0.388 e. The number of hydrogen-bond acceptors (Lipinski definition) is 3. The van der Waals surface area contributed by atoms with Gasteiger partial charge in [-0.2, -0.15) is 0 Å². The number of nitro benzene ring substituents is 1. The molecule has 5 heteroatoms. The van der Waals surface area contributed by atoms with Gasteiger partial charge in [0, 0.05) is 6.07 Å². The molecule has 0 aromatic heterocycles. The summed E-state index contributed by atoms with van der Waals surface area (Å²) in [7, 11) is 0. The molecule has 0 fully saturated rings. The summed E-state index contributed by atoms with van der Waals surface area (Å²) in [5.74, 6) is -0.596. The van der Waals surface area contributed by atoms with Crippen LogP contribution in [0.25, 0.3) is 0 Å². The molecule has 0 aliphatic heterocycles. The quantitative estimate of drug-likeness (QED) is 0.564. The molecule has 0 radical (unpaired) electrons. The summed E-state index contributed by atoms with van der Waals surface area (Å²) >= 11 is 0. The fourth-order valence-electron chi connectivity index (χ4n) is 1.03. The molecule has 0 aliphatic carbocycles. The van der Waals surface area contributed by atoms with Crippen molar-refractivity contribution in [3.05, 3.63) is 39.7 Å². The highest BCUT2D eigenvalue weighted by Crippen LogP contribution is 2.25. The number of halogens is 1. The fraction of sp³-hybridized carbons (Fsp3) is 0.250. The van der Waals surface area contributed by atoms with Crippen LogP contribution >= 0.6 is 0 Å². The van der Waals surface area contributed by atoms with Crippen LogP contribution in [-0.2, 0) is 0 Å². The third kappa shape index (κ3) is 2.00. The number of nitrogens with zero attached hydrogens (tertiary/aromatic N) is 1. The van der Waals surface area contributed by atoms with Gasteiger partial charge in [0.25, 0.3) is 5.69 Å². The molecule has 0 saturated heterocycles. The number of benzene rings is 1. The first kappa shape index (κ1) is 9.60. The van der Waals surface area contributed by atoms with Gasteiger partial charge in [0.1, 0.15) is 5.82 Å². The Hall–Kier alpha value is -1.49. The molecule has 1 N–H and O–H groups in total. The van der Waals surface area contributed by atoms with E-state index in [0.29, 0.717) is 0 Å². The molecular formula is C8H8FNO3. The van der Waals surface area contributed by atoms with Crippen LogP contribution < -0.4 is 0 Å². The van der Waals surface area contributed by atoms with E-state index >= 15 is 0 Å². The van der Waals surface area contributed by atoms with Gasteiger partial charge in [-0.3, -0.25) is 10.1 Å². The Morgan fingerprint density at radius 1 is 1.62 bits per heavy atom. The second kappa shape index (κ2) is 3.49. The van der Waals surface area contributed by atoms with E-state index in [1.54, 1.807) is 0 Å². The predicted octanol–water partition coefficient (Wildman–Crippen LogP) is 1.79. The van der Waals surface area contributed by atoms with E-state index in [0.717, 1.165) is 18.2 Å². The molecule has 13 heavy (non-hydrogen) atoms. The smallest absolute Gasteiger partial charge is 0.275 e. The Morgan fingerprint density at radius 2 is 2.23 bits per heavy atom. The molecule has 70 valence electrons. The van der Waals surface area contributed by atoms with Crippen LogP contribution in [0, 0.1) is 15.9 Å². The molecule has 0 saturated carbocycles. The summed E-state index contributed by atoms with van der Waals surface area (Å²) in [6, 6.07) is 2.99. The lowest BCUT2D eigenvalue weighted by Crippen LogP contribution is -1.99. The first-order valence-corrected chi connectivity index (χ1v) is 3.64. The molecule has 1 rings (SSSR count). The Kier molecular flexibility index (Phi) is 2.57. The lowest BCUT2D eigenvalue weighted by atomic mass is 10.1. The molecule has 1 atom stereocenters. The van der Waals surface area contributed by atoms with Crippen LogP contribution in [0.4, 0.5) is 10.1 Å². The molecule has 4 nitrogen and oxygen atoms in total. The van der Waals surface area contributed by atoms with Crippen LogP contribution in [0.2, 0.25) is 0 Å². The maximum Gasteiger partial charge on any atom is 0.275 e. The van der Waals surface area contributed by atoms with Gasteiger partial charge in [-0.25, -0.2) is 4.39 Å². The minimum absolute atomic E-state index is 0.00926. The van der Waals surface area contributed by atoms with E-state index in [9.17, 15) is 14.5 Å². The maximum absolute atomic E-state index is 12.6. The van der Waals surface area contributed by atoms with Crippen LogP contribution in [-0.4, -0.2) is 10.0 Å². The predicted molar refractivity (Wildman–Crippen MR) is 43.7 cm³/mol. The second-order valence-corrected chi connectivity index (χ2v) is 2.64. The zero-order chi connectivity index (χ0) is 10.0. The summed E-state index contributed by atoms with van der Waals surface area (Å²) in [5, 5.41) is 19.5. The molecule has 0 spiro atoms. The van der Waals surface area contributed by atoms with Gasteiger partial charge in [-0.05, 0) is 19.1 Å². The second-order valence-electron chi connectivity index (χ2n) is 2.64. The van der Waals surface area contributed by atoms with Crippen LogP contribution in [0.5, 0.6) is 0 Å². The maximum atomic E-state index is 12.6. The summed E-state index contributed by atoms with van der Waals surface area (Å²) < 4.78 is 12.6. The topological polar surface area (TPSA) is 63.4 Å². The average molecular weight is 185 g/mol. The Labute approximate surface area is 73.8 Å². The molecule has 0 bridgehead atoms. The Balaban J connectivity index is 3.26. The molecule has 0 amide bonds. The Bertz CT molecular complexity index is 338. The largest absolute Gasteiger partial charge is 0.388 e. The fourth-order valence-corrected chi connectivity index (χ4v) is 1.03. The summed E-state index contributed by atoms with van der Waals surface area (Å²) in [6.07, 6.45) is -1.05. The van der Waals surface area contributed by atoms with Gasteiger partial charge >= 0.3 is 0 Å². The van der Waals surface area contributed by atoms with Crippen molar-refractivity contribution in [2.75, 3.05) is 0 Å². The highest BCUT2D eigenvalue weighted by Gasteiger charge is 2.17. The van der Waals surface area contributed by atoms with E-state index in [1.165, 1.54) is 6.92 Å². The van der Waals surface area contributed by atoms with Crippen molar-refractivity contribution in [2.24, 2.45) is 0 Å². The highest BCUT2D eigenvalue weighted by atomic mass is 19.1. The standard InChI is InChI=1S/C8H8FNO3/c1-5(11)7-4-6(9)2-3-8(7)10(12)13/h2-5,11H,1H3/t5-/m1/s1. The molecule has 0 aliphatic rings. The van der Waals surface area contributed by atoms with Crippen molar-refractivity contribution < 1.29 is 14.4 Å². The lowest BCUT2D eigenvalue weighted by molar-refractivity contribution is -0.386. The van der Waals surface area contributed by atoms with Crippen molar-refractivity contribution >= 4 is 5.69 Å². The molecule has 0 unspecified atom stereocenters. The lowest BCUT2D eigenvalue weighted by Gasteiger charge is -2.04. The molecule has 1 aromatic rings. The van der Waals surface area contributed by atoms with Gasteiger partial charge in [-0.1, -0.05) is 0 Å². The van der Waals surface area contributed by atoms with Crippen molar-refractivity contribution in [1.29, 1.82) is 0 Å².